The SMILES string of the molecule is Nc1cc(OC2=CC3CC4C=CC=CC24C3)cc(C(F)(F)F)c1. The molecule has 3 atom stereocenters. The summed E-state index contributed by atoms with van der Waals surface area (Å²) in [5, 5.41) is 0. The highest BCUT2D eigenvalue weighted by Crippen LogP contribution is 2.60. The largest absolute Gasteiger partial charge is 0.461 e. The van der Waals surface area contributed by atoms with Crippen molar-refractivity contribution in [2.75, 3.05) is 5.73 Å². The van der Waals surface area contributed by atoms with E-state index in [-0.39, 0.29) is 16.9 Å². The number of allylic oxidation sites excluding steroid dienone is 5. The van der Waals surface area contributed by atoms with Crippen molar-refractivity contribution in [3.8, 4) is 5.75 Å². The third-order valence-electron chi connectivity index (χ3n) is 5.00. The van der Waals surface area contributed by atoms with Gasteiger partial charge in [-0.3, -0.25) is 0 Å². The number of hydrogen-bond acceptors (Lipinski definition) is 2. The number of fused-ring (bicyclic) bond motifs is 1. The molecule has 2 bridgehead atoms. The molecule has 120 valence electrons. The molecule has 0 radical (unpaired) electrons. The average Bonchev–Trinajstić information content (AvgIpc) is 2.99. The van der Waals surface area contributed by atoms with Gasteiger partial charge in [-0.15, -0.1) is 0 Å². The lowest BCUT2D eigenvalue weighted by atomic mass is 9.74. The monoisotopic (exact) mass is 319 g/mol. The van der Waals surface area contributed by atoms with Gasteiger partial charge in [-0.1, -0.05) is 24.3 Å². The Bertz CT molecular complexity index is 747. The first-order valence-corrected chi connectivity index (χ1v) is 7.61. The summed E-state index contributed by atoms with van der Waals surface area (Å²) >= 11 is 0. The number of hydrogen-bond donors (Lipinski definition) is 1. The summed E-state index contributed by atoms with van der Waals surface area (Å²) in [5.41, 5.74) is 4.67. The van der Waals surface area contributed by atoms with E-state index in [2.05, 4.69) is 18.2 Å². The number of nitrogen functional groups attached to an aromatic ring is 1. The summed E-state index contributed by atoms with van der Waals surface area (Å²) in [6, 6.07) is 3.37. The maximum absolute atomic E-state index is 12.9. The lowest BCUT2D eigenvalue weighted by Crippen LogP contribution is -2.28. The highest BCUT2D eigenvalue weighted by atomic mass is 19.4. The zero-order valence-electron chi connectivity index (χ0n) is 12.3. The number of halogens is 3. The summed E-state index contributed by atoms with van der Waals surface area (Å²) < 4.78 is 44.7. The normalized spacial score (nSPS) is 31.2. The smallest absolute Gasteiger partial charge is 0.416 e. The van der Waals surface area contributed by atoms with E-state index in [1.807, 2.05) is 12.2 Å². The van der Waals surface area contributed by atoms with Crippen LogP contribution in [0, 0.1) is 17.3 Å². The third-order valence-corrected chi connectivity index (χ3v) is 5.00. The molecular formula is C18H16F3NO. The first kappa shape index (κ1) is 14.4. The minimum Gasteiger partial charge on any atom is -0.461 e. The molecule has 1 aromatic carbocycles. The fraction of sp³-hybridized carbons (Fsp3) is 0.333. The Morgan fingerprint density at radius 1 is 1.17 bits per heavy atom. The summed E-state index contributed by atoms with van der Waals surface area (Å²) in [6.45, 7) is 0. The zero-order valence-corrected chi connectivity index (χ0v) is 12.3. The van der Waals surface area contributed by atoms with Gasteiger partial charge in [0.1, 0.15) is 11.5 Å². The first-order valence-electron chi connectivity index (χ1n) is 7.61. The predicted octanol–water partition coefficient (Wildman–Crippen LogP) is 4.70. The lowest BCUT2D eigenvalue weighted by Gasteiger charge is -2.34. The maximum atomic E-state index is 12.9. The molecule has 3 unspecified atom stereocenters. The highest BCUT2D eigenvalue weighted by molar-refractivity contribution is 5.50. The van der Waals surface area contributed by atoms with Crippen molar-refractivity contribution in [1.82, 2.24) is 0 Å². The molecule has 1 aromatic rings. The molecule has 0 heterocycles. The van der Waals surface area contributed by atoms with Crippen LogP contribution in [0.3, 0.4) is 0 Å². The molecule has 2 nitrogen and oxygen atoms in total. The summed E-state index contributed by atoms with van der Waals surface area (Å²) in [7, 11) is 0. The van der Waals surface area contributed by atoms with E-state index in [0.29, 0.717) is 11.8 Å². The summed E-state index contributed by atoms with van der Waals surface area (Å²) in [6.07, 6.45) is 7.94. The summed E-state index contributed by atoms with van der Waals surface area (Å²) in [4.78, 5) is 0. The van der Waals surface area contributed by atoms with Crippen molar-refractivity contribution < 1.29 is 17.9 Å². The molecule has 3 aliphatic rings. The highest BCUT2D eigenvalue weighted by Gasteiger charge is 2.53. The second kappa shape index (κ2) is 4.66. The molecule has 1 saturated carbocycles. The molecule has 0 amide bonds. The topological polar surface area (TPSA) is 35.2 Å². The standard InChI is InChI=1S/C18H16F3NO/c19-18(20,21)13-7-14(22)9-15(8-13)23-16-6-11-5-12-3-1-2-4-17(12,16)10-11/h1-4,6-9,11-12H,5,10,22H2. The van der Waals surface area contributed by atoms with Crippen LogP contribution in [0.1, 0.15) is 18.4 Å². The second-order valence-corrected chi connectivity index (χ2v) is 6.51. The van der Waals surface area contributed by atoms with Gasteiger partial charge in [-0.25, -0.2) is 0 Å². The van der Waals surface area contributed by atoms with Gasteiger partial charge in [0.2, 0.25) is 0 Å². The molecule has 1 fully saturated rings. The van der Waals surface area contributed by atoms with Crippen molar-refractivity contribution in [2.24, 2.45) is 17.3 Å². The number of benzene rings is 1. The molecule has 4 rings (SSSR count). The zero-order chi connectivity index (χ0) is 16.2. The van der Waals surface area contributed by atoms with Crippen molar-refractivity contribution in [3.05, 3.63) is 59.9 Å². The van der Waals surface area contributed by atoms with Crippen molar-refractivity contribution in [1.29, 1.82) is 0 Å². The van der Waals surface area contributed by atoms with Crippen LogP contribution in [0.2, 0.25) is 0 Å². The average molecular weight is 319 g/mol. The Balaban J connectivity index is 1.67. The van der Waals surface area contributed by atoms with E-state index in [0.717, 1.165) is 30.7 Å². The van der Waals surface area contributed by atoms with Gasteiger partial charge in [0.05, 0.1) is 11.0 Å². The molecule has 3 aliphatic carbocycles. The molecule has 5 heteroatoms. The van der Waals surface area contributed by atoms with Crippen LogP contribution in [-0.2, 0) is 6.18 Å². The van der Waals surface area contributed by atoms with Crippen molar-refractivity contribution >= 4 is 5.69 Å². The molecule has 0 aliphatic heterocycles. The minimum atomic E-state index is -4.44. The fourth-order valence-electron chi connectivity index (χ4n) is 4.03. The van der Waals surface area contributed by atoms with Crippen LogP contribution in [0.15, 0.2) is 54.3 Å². The van der Waals surface area contributed by atoms with Crippen LogP contribution in [0.4, 0.5) is 18.9 Å². The van der Waals surface area contributed by atoms with Crippen molar-refractivity contribution in [2.45, 2.75) is 19.0 Å². The number of ether oxygens (including phenoxy) is 1. The van der Waals surface area contributed by atoms with E-state index in [1.54, 1.807) is 0 Å². The molecule has 0 aromatic heterocycles. The molecule has 1 spiro atoms. The second-order valence-electron chi connectivity index (χ2n) is 6.51. The van der Waals surface area contributed by atoms with Crippen LogP contribution in [0.5, 0.6) is 5.75 Å². The molecule has 0 saturated heterocycles. The fourth-order valence-corrected chi connectivity index (χ4v) is 4.03. The third kappa shape index (κ3) is 2.26. The predicted molar refractivity (Wildman–Crippen MR) is 81.5 cm³/mol. The number of rotatable bonds is 2. The number of nitrogens with two attached hydrogens (primary N) is 1. The van der Waals surface area contributed by atoms with Crippen LogP contribution >= 0.6 is 0 Å². The molecule has 2 N–H and O–H groups in total. The van der Waals surface area contributed by atoms with Gasteiger partial charge in [-0.05, 0) is 42.9 Å². The van der Waals surface area contributed by atoms with E-state index >= 15 is 0 Å². The first-order chi connectivity index (χ1) is 10.9. The van der Waals surface area contributed by atoms with Crippen LogP contribution in [-0.4, -0.2) is 0 Å². The minimum absolute atomic E-state index is 0.0479. The van der Waals surface area contributed by atoms with Gasteiger partial charge >= 0.3 is 6.18 Å². The number of anilines is 1. The van der Waals surface area contributed by atoms with Gasteiger partial charge in [0, 0.05) is 11.8 Å². The van der Waals surface area contributed by atoms with E-state index < -0.39 is 11.7 Å². The Hall–Kier alpha value is -2.17. The Morgan fingerprint density at radius 2 is 2.00 bits per heavy atom. The van der Waals surface area contributed by atoms with Gasteiger partial charge in [0.25, 0.3) is 0 Å². The quantitative estimate of drug-likeness (QED) is 0.802. The Morgan fingerprint density at radius 3 is 2.78 bits per heavy atom. The van der Waals surface area contributed by atoms with E-state index in [9.17, 15) is 13.2 Å². The van der Waals surface area contributed by atoms with E-state index in [4.69, 9.17) is 10.5 Å². The van der Waals surface area contributed by atoms with Gasteiger partial charge in [0.15, 0.2) is 0 Å². The Labute approximate surface area is 132 Å². The number of alkyl halides is 3. The van der Waals surface area contributed by atoms with E-state index in [1.165, 1.54) is 6.07 Å². The van der Waals surface area contributed by atoms with Gasteiger partial charge in [-0.2, -0.15) is 13.2 Å². The maximum Gasteiger partial charge on any atom is 0.416 e. The van der Waals surface area contributed by atoms with Crippen LogP contribution < -0.4 is 10.5 Å². The lowest BCUT2D eigenvalue weighted by molar-refractivity contribution is -0.137. The van der Waals surface area contributed by atoms with Crippen molar-refractivity contribution in [3.63, 3.8) is 0 Å². The van der Waals surface area contributed by atoms with Crippen LogP contribution in [0.25, 0.3) is 0 Å². The molecule has 23 heavy (non-hydrogen) atoms. The Kier molecular flexibility index (Phi) is 2.92. The summed E-state index contributed by atoms with van der Waals surface area (Å²) in [5.74, 6) is 1.68. The molecular weight excluding hydrogens is 303 g/mol. The van der Waals surface area contributed by atoms with Gasteiger partial charge < -0.3 is 10.5 Å².